The van der Waals surface area contributed by atoms with E-state index >= 15 is 0 Å². The van der Waals surface area contributed by atoms with E-state index in [9.17, 15) is 4.79 Å². The molecule has 7 heteroatoms. The van der Waals surface area contributed by atoms with Gasteiger partial charge < -0.3 is 19.5 Å². The number of carbonyl (C=O) groups excluding carboxylic acids is 1. The maximum atomic E-state index is 12.4. The first-order valence-corrected chi connectivity index (χ1v) is 10.3. The number of nitrogens with one attached hydrogen (secondary N) is 1. The van der Waals surface area contributed by atoms with E-state index in [0.29, 0.717) is 12.4 Å². The van der Waals surface area contributed by atoms with E-state index in [-0.39, 0.29) is 5.89 Å². The molecule has 1 fully saturated rings. The van der Waals surface area contributed by atoms with Crippen molar-refractivity contribution in [1.29, 1.82) is 0 Å². The minimum Gasteiger partial charge on any atom is -0.497 e. The van der Waals surface area contributed by atoms with Crippen LogP contribution in [0.1, 0.15) is 41.9 Å². The van der Waals surface area contributed by atoms with Crippen LogP contribution in [0.3, 0.4) is 0 Å². The number of methoxy groups -OCH3 is 1. The Morgan fingerprint density at radius 1 is 1.10 bits per heavy atom. The molecular weight excluding hydrogens is 380 g/mol. The van der Waals surface area contributed by atoms with Gasteiger partial charge in [-0.1, -0.05) is 30.1 Å². The third-order valence-corrected chi connectivity index (χ3v) is 5.30. The van der Waals surface area contributed by atoms with E-state index in [1.54, 1.807) is 7.11 Å². The fourth-order valence-electron chi connectivity index (χ4n) is 3.62. The summed E-state index contributed by atoms with van der Waals surface area (Å²) in [5.41, 5.74) is 2.95. The summed E-state index contributed by atoms with van der Waals surface area (Å²) in [6.07, 6.45) is 5.09. The second-order valence-electron chi connectivity index (χ2n) is 7.41. The van der Waals surface area contributed by atoms with E-state index in [0.717, 1.165) is 30.0 Å². The fourth-order valence-corrected chi connectivity index (χ4v) is 3.62. The zero-order chi connectivity index (χ0) is 20.8. The molecule has 0 atom stereocenters. The lowest BCUT2D eigenvalue weighted by Crippen LogP contribution is -2.23. The Balaban J connectivity index is 1.38. The molecule has 0 radical (unpaired) electrons. The molecule has 156 valence electrons. The fraction of sp³-hybridized carbons (Fsp3) is 0.348. The average molecular weight is 406 g/mol. The maximum Gasteiger partial charge on any atom is 0.316 e. The number of carbonyl (C=O) groups is 1. The monoisotopic (exact) mass is 406 g/mol. The van der Waals surface area contributed by atoms with Crippen LogP contribution in [0.5, 0.6) is 5.75 Å². The number of nitrogens with zero attached hydrogens (tertiary/aromatic N) is 3. The predicted octanol–water partition coefficient (Wildman–Crippen LogP) is 4.06. The molecule has 1 saturated heterocycles. The minimum atomic E-state index is -0.405. The normalized spacial score (nSPS) is 14.2. The highest BCUT2D eigenvalue weighted by Gasteiger charge is 2.17. The van der Waals surface area contributed by atoms with Gasteiger partial charge in [-0.3, -0.25) is 4.79 Å². The number of benzene rings is 2. The molecule has 0 unspecified atom stereocenters. The summed E-state index contributed by atoms with van der Waals surface area (Å²) < 4.78 is 10.4. The van der Waals surface area contributed by atoms with Crippen molar-refractivity contribution >= 4 is 11.6 Å². The molecule has 0 saturated carbocycles. The highest BCUT2D eigenvalue weighted by atomic mass is 16.5. The van der Waals surface area contributed by atoms with Gasteiger partial charge in [-0.05, 0) is 54.8 Å². The van der Waals surface area contributed by atoms with Gasteiger partial charge in [-0.2, -0.15) is 4.98 Å². The molecule has 30 heavy (non-hydrogen) atoms. The lowest BCUT2D eigenvalue weighted by atomic mass is 10.2. The van der Waals surface area contributed by atoms with Crippen LogP contribution < -0.4 is 15.0 Å². The van der Waals surface area contributed by atoms with Gasteiger partial charge in [0.2, 0.25) is 5.82 Å². The molecule has 1 N–H and O–H groups in total. The summed E-state index contributed by atoms with van der Waals surface area (Å²) in [4.78, 5) is 19.0. The van der Waals surface area contributed by atoms with Crippen molar-refractivity contribution < 1.29 is 14.1 Å². The largest absolute Gasteiger partial charge is 0.497 e. The van der Waals surface area contributed by atoms with Gasteiger partial charge in [-0.15, -0.1) is 0 Å². The summed E-state index contributed by atoms with van der Waals surface area (Å²) in [5, 5.41) is 6.76. The minimum absolute atomic E-state index is 0.0514. The molecule has 0 spiro atoms. The van der Waals surface area contributed by atoms with Gasteiger partial charge in [0.05, 0.1) is 7.11 Å². The lowest BCUT2D eigenvalue weighted by molar-refractivity contribution is 0.0907. The number of ether oxygens (including phenoxy) is 1. The number of anilines is 1. The standard InChI is InChI=1S/C23H26N4O3/c1-29-20-8-6-7-17(15-20)16-24-22(28)23-25-21(26-30-23)18-9-11-19(12-10-18)27-13-4-2-3-5-14-27/h6-12,15H,2-5,13-14,16H2,1H3,(H,24,28). The van der Waals surface area contributed by atoms with Crippen molar-refractivity contribution in [1.82, 2.24) is 15.5 Å². The second kappa shape index (κ2) is 9.43. The summed E-state index contributed by atoms with van der Waals surface area (Å²) in [6, 6.07) is 15.6. The molecule has 3 aromatic rings. The highest BCUT2D eigenvalue weighted by molar-refractivity contribution is 5.89. The van der Waals surface area contributed by atoms with Crippen LogP contribution in [0, 0.1) is 0 Å². The molecule has 0 aliphatic carbocycles. The van der Waals surface area contributed by atoms with Crippen LogP contribution in [-0.4, -0.2) is 36.2 Å². The van der Waals surface area contributed by atoms with E-state index in [1.807, 2.05) is 36.4 Å². The molecule has 1 aromatic heterocycles. The number of amides is 1. The van der Waals surface area contributed by atoms with Gasteiger partial charge in [0.1, 0.15) is 5.75 Å². The first-order chi connectivity index (χ1) is 14.7. The first kappa shape index (κ1) is 19.9. The first-order valence-electron chi connectivity index (χ1n) is 10.3. The van der Waals surface area contributed by atoms with Crippen molar-refractivity contribution in [3.05, 3.63) is 60.0 Å². The summed E-state index contributed by atoms with van der Waals surface area (Å²) >= 11 is 0. The Hall–Kier alpha value is -3.35. The average Bonchev–Trinajstić information content (AvgIpc) is 3.13. The molecule has 1 amide bonds. The Morgan fingerprint density at radius 3 is 2.60 bits per heavy atom. The third-order valence-electron chi connectivity index (χ3n) is 5.30. The van der Waals surface area contributed by atoms with Gasteiger partial charge in [-0.25, -0.2) is 0 Å². The Kier molecular flexibility index (Phi) is 6.27. The zero-order valence-electron chi connectivity index (χ0n) is 17.1. The smallest absolute Gasteiger partial charge is 0.316 e. The van der Waals surface area contributed by atoms with E-state index in [4.69, 9.17) is 9.26 Å². The summed E-state index contributed by atoms with van der Waals surface area (Å²) in [7, 11) is 1.61. The van der Waals surface area contributed by atoms with Crippen molar-refractivity contribution in [3.63, 3.8) is 0 Å². The van der Waals surface area contributed by atoms with Crippen LogP contribution in [0.2, 0.25) is 0 Å². The Morgan fingerprint density at radius 2 is 1.87 bits per heavy atom. The highest BCUT2D eigenvalue weighted by Crippen LogP contribution is 2.23. The van der Waals surface area contributed by atoms with Crippen molar-refractivity contribution in [2.75, 3.05) is 25.1 Å². The maximum absolute atomic E-state index is 12.4. The summed E-state index contributed by atoms with van der Waals surface area (Å²) in [6.45, 7) is 2.54. The van der Waals surface area contributed by atoms with Gasteiger partial charge in [0.25, 0.3) is 0 Å². The van der Waals surface area contributed by atoms with Crippen LogP contribution in [0.4, 0.5) is 5.69 Å². The van der Waals surface area contributed by atoms with Crippen LogP contribution >= 0.6 is 0 Å². The quantitative estimate of drug-likeness (QED) is 0.665. The lowest BCUT2D eigenvalue weighted by Gasteiger charge is -2.22. The number of rotatable bonds is 6. The topological polar surface area (TPSA) is 80.5 Å². The second-order valence-corrected chi connectivity index (χ2v) is 7.41. The van der Waals surface area contributed by atoms with Crippen LogP contribution in [0.25, 0.3) is 11.4 Å². The molecule has 7 nitrogen and oxygen atoms in total. The van der Waals surface area contributed by atoms with Gasteiger partial charge >= 0.3 is 11.8 Å². The van der Waals surface area contributed by atoms with Crippen LogP contribution in [-0.2, 0) is 6.54 Å². The van der Waals surface area contributed by atoms with E-state index in [1.165, 1.54) is 31.4 Å². The molecule has 1 aliphatic heterocycles. The van der Waals surface area contributed by atoms with Crippen molar-refractivity contribution in [3.8, 4) is 17.1 Å². The number of hydrogen-bond donors (Lipinski definition) is 1. The number of hydrogen-bond acceptors (Lipinski definition) is 6. The molecule has 2 aromatic carbocycles. The Labute approximate surface area is 176 Å². The molecule has 2 heterocycles. The zero-order valence-corrected chi connectivity index (χ0v) is 17.1. The van der Waals surface area contributed by atoms with E-state index < -0.39 is 5.91 Å². The van der Waals surface area contributed by atoms with Gasteiger partial charge in [0, 0.05) is 30.9 Å². The third kappa shape index (κ3) is 4.79. The molecule has 0 bridgehead atoms. The Bertz CT molecular complexity index is 976. The summed E-state index contributed by atoms with van der Waals surface area (Å²) in [5.74, 6) is 0.691. The molecular formula is C23H26N4O3. The SMILES string of the molecule is COc1cccc(CNC(=O)c2nc(-c3ccc(N4CCCCCC4)cc3)no2)c1. The van der Waals surface area contributed by atoms with Crippen molar-refractivity contribution in [2.45, 2.75) is 32.2 Å². The van der Waals surface area contributed by atoms with Crippen molar-refractivity contribution in [2.24, 2.45) is 0 Å². The number of aromatic nitrogens is 2. The van der Waals surface area contributed by atoms with E-state index in [2.05, 4.69) is 32.5 Å². The van der Waals surface area contributed by atoms with Gasteiger partial charge in [0.15, 0.2) is 0 Å². The van der Waals surface area contributed by atoms with Crippen LogP contribution in [0.15, 0.2) is 53.1 Å². The predicted molar refractivity (Wildman–Crippen MR) is 115 cm³/mol. The molecule has 4 rings (SSSR count). The molecule has 1 aliphatic rings.